The number of nitriles is 1. The normalized spacial score (nSPS) is 16.2. The van der Waals surface area contributed by atoms with E-state index in [4.69, 9.17) is 9.47 Å². The average Bonchev–Trinajstić information content (AvgIpc) is 3.46. The number of aromatic nitrogens is 1. The quantitative estimate of drug-likeness (QED) is 0.421. The minimum atomic E-state index is -0.352. The Hall–Kier alpha value is -3.08. The summed E-state index contributed by atoms with van der Waals surface area (Å²) in [6.07, 6.45) is 3.99. The van der Waals surface area contributed by atoms with E-state index in [1.807, 2.05) is 44.2 Å². The predicted octanol–water partition coefficient (Wildman–Crippen LogP) is 4.18. The molecule has 0 radical (unpaired) electrons. The first-order chi connectivity index (χ1) is 16.4. The number of hydrogen-bond acceptors (Lipinski definition) is 5. The number of methoxy groups -OCH3 is 2. The average molecular weight is 465 g/mol. The minimum absolute atomic E-state index is 0.0530. The van der Waals surface area contributed by atoms with Crippen molar-refractivity contribution in [3.63, 3.8) is 0 Å². The highest BCUT2D eigenvalue weighted by atomic mass is 16.5. The van der Waals surface area contributed by atoms with Crippen molar-refractivity contribution in [2.45, 2.75) is 45.7 Å². The number of aryl methyl sites for hydroxylation is 1. The molecule has 0 spiro atoms. The zero-order chi connectivity index (χ0) is 24.7. The van der Waals surface area contributed by atoms with Gasteiger partial charge in [-0.25, -0.2) is 0 Å². The Kier molecular flexibility index (Phi) is 8.91. The maximum Gasteiger partial charge on any atom is 0.262 e. The van der Waals surface area contributed by atoms with E-state index in [1.165, 1.54) is 0 Å². The van der Waals surface area contributed by atoms with Crippen molar-refractivity contribution in [2.24, 2.45) is 0 Å². The lowest BCUT2D eigenvalue weighted by Gasteiger charge is -2.28. The molecule has 0 aliphatic carbocycles. The lowest BCUT2D eigenvalue weighted by molar-refractivity contribution is -0.117. The van der Waals surface area contributed by atoms with E-state index in [2.05, 4.69) is 27.8 Å². The van der Waals surface area contributed by atoms with Crippen LogP contribution in [0, 0.1) is 25.2 Å². The summed E-state index contributed by atoms with van der Waals surface area (Å²) in [6, 6.07) is 12.3. The number of rotatable bonds is 10. The molecule has 2 heterocycles. The van der Waals surface area contributed by atoms with Gasteiger partial charge in [-0.05, 0) is 82.1 Å². The van der Waals surface area contributed by atoms with Crippen LogP contribution in [0.1, 0.15) is 54.4 Å². The standard InChI is InChI=1S/C27H36N4O3/c1-19-14-23(21(3)31(19)20(2)18-33-4)15-24(16-28)27(32)29-17-26(30-12-6-7-13-30)22-8-10-25(34-5)11-9-22/h8-11,14-15,20,26H,6-7,12-13,17-18H2,1-5H3,(H,29,32)/b24-15+. The van der Waals surface area contributed by atoms with Gasteiger partial charge in [0.25, 0.3) is 5.91 Å². The van der Waals surface area contributed by atoms with Gasteiger partial charge in [-0.1, -0.05) is 12.1 Å². The topological polar surface area (TPSA) is 79.5 Å². The molecular formula is C27H36N4O3. The van der Waals surface area contributed by atoms with Gasteiger partial charge >= 0.3 is 0 Å². The molecule has 182 valence electrons. The van der Waals surface area contributed by atoms with Crippen LogP contribution in [0.4, 0.5) is 0 Å². The van der Waals surface area contributed by atoms with E-state index in [0.29, 0.717) is 13.2 Å². The van der Waals surface area contributed by atoms with Crippen LogP contribution in [0.15, 0.2) is 35.9 Å². The van der Waals surface area contributed by atoms with Gasteiger partial charge in [0.2, 0.25) is 0 Å². The summed E-state index contributed by atoms with van der Waals surface area (Å²) in [6.45, 7) is 9.15. The SMILES string of the molecule is COCC(C)n1c(C)cc(/C=C(\C#N)C(=O)NCC(c2ccc(OC)cc2)N2CCCC2)c1C. The molecule has 0 saturated carbocycles. The number of nitrogens with zero attached hydrogens (tertiary/aromatic N) is 3. The summed E-state index contributed by atoms with van der Waals surface area (Å²) in [5.41, 5.74) is 4.18. The molecule has 3 rings (SSSR count). The molecule has 2 unspecified atom stereocenters. The first kappa shape index (κ1) is 25.5. The van der Waals surface area contributed by atoms with Gasteiger partial charge < -0.3 is 19.4 Å². The Morgan fingerprint density at radius 2 is 1.88 bits per heavy atom. The highest BCUT2D eigenvalue weighted by molar-refractivity contribution is 6.01. The largest absolute Gasteiger partial charge is 0.497 e. The van der Waals surface area contributed by atoms with Crippen LogP contribution in [0.2, 0.25) is 0 Å². The summed E-state index contributed by atoms with van der Waals surface area (Å²) < 4.78 is 12.8. The van der Waals surface area contributed by atoms with E-state index in [1.54, 1.807) is 20.3 Å². The molecule has 1 aromatic heterocycles. The molecule has 7 nitrogen and oxygen atoms in total. The van der Waals surface area contributed by atoms with Gasteiger partial charge in [-0.3, -0.25) is 9.69 Å². The highest BCUT2D eigenvalue weighted by Gasteiger charge is 2.25. The van der Waals surface area contributed by atoms with E-state index in [-0.39, 0.29) is 23.6 Å². The van der Waals surface area contributed by atoms with Crippen LogP contribution in [0.3, 0.4) is 0 Å². The number of carbonyl (C=O) groups is 1. The molecule has 1 N–H and O–H groups in total. The molecule has 1 saturated heterocycles. The van der Waals surface area contributed by atoms with Crippen molar-refractivity contribution in [1.29, 1.82) is 5.26 Å². The lowest BCUT2D eigenvalue weighted by Crippen LogP contribution is -2.37. The number of hydrogen-bond donors (Lipinski definition) is 1. The highest BCUT2D eigenvalue weighted by Crippen LogP contribution is 2.27. The van der Waals surface area contributed by atoms with Crippen molar-refractivity contribution < 1.29 is 14.3 Å². The summed E-state index contributed by atoms with van der Waals surface area (Å²) in [5.74, 6) is 0.454. The van der Waals surface area contributed by atoms with Crippen LogP contribution in [-0.2, 0) is 9.53 Å². The first-order valence-electron chi connectivity index (χ1n) is 11.8. The van der Waals surface area contributed by atoms with Crippen molar-refractivity contribution in [1.82, 2.24) is 14.8 Å². The molecule has 7 heteroatoms. The van der Waals surface area contributed by atoms with E-state index < -0.39 is 0 Å². The first-order valence-corrected chi connectivity index (χ1v) is 11.8. The number of carbonyl (C=O) groups excluding carboxylic acids is 1. The molecular weight excluding hydrogens is 428 g/mol. The predicted molar refractivity (Wildman–Crippen MR) is 134 cm³/mol. The minimum Gasteiger partial charge on any atom is -0.497 e. The molecule has 1 aliphatic rings. The van der Waals surface area contributed by atoms with Crippen LogP contribution >= 0.6 is 0 Å². The van der Waals surface area contributed by atoms with Crippen LogP contribution < -0.4 is 10.1 Å². The summed E-state index contributed by atoms with van der Waals surface area (Å²) >= 11 is 0. The van der Waals surface area contributed by atoms with Crippen molar-refractivity contribution >= 4 is 12.0 Å². The summed E-state index contributed by atoms with van der Waals surface area (Å²) in [7, 11) is 3.34. The molecule has 1 fully saturated rings. The second kappa shape index (κ2) is 11.9. The third-order valence-corrected chi connectivity index (χ3v) is 6.58. The summed E-state index contributed by atoms with van der Waals surface area (Å²) in [5, 5.41) is 12.8. The number of benzene rings is 1. The van der Waals surface area contributed by atoms with Gasteiger partial charge in [0, 0.05) is 25.0 Å². The fraction of sp³-hybridized carbons (Fsp3) is 0.481. The molecule has 0 bridgehead atoms. The van der Waals surface area contributed by atoms with Crippen molar-refractivity contribution in [2.75, 3.05) is 40.5 Å². The zero-order valence-electron chi connectivity index (χ0n) is 20.9. The zero-order valence-corrected chi connectivity index (χ0v) is 20.9. The Labute approximate surface area is 203 Å². The number of likely N-dealkylation sites (tertiary alicyclic amines) is 1. The van der Waals surface area contributed by atoms with E-state index in [9.17, 15) is 10.1 Å². The van der Waals surface area contributed by atoms with Gasteiger partial charge in [-0.15, -0.1) is 0 Å². The van der Waals surface area contributed by atoms with E-state index >= 15 is 0 Å². The number of nitrogens with one attached hydrogen (secondary N) is 1. The number of ether oxygens (including phenoxy) is 2. The Bertz CT molecular complexity index is 1040. The van der Waals surface area contributed by atoms with Crippen LogP contribution in [0.5, 0.6) is 5.75 Å². The van der Waals surface area contributed by atoms with Crippen molar-refractivity contribution in [3.8, 4) is 11.8 Å². The fourth-order valence-electron chi connectivity index (χ4n) is 4.87. The van der Waals surface area contributed by atoms with Crippen LogP contribution in [-0.4, -0.2) is 55.8 Å². The monoisotopic (exact) mass is 464 g/mol. The lowest BCUT2D eigenvalue weighted by atomic mass is 10.0. The molecule has 34 heavy (non-hydrogen) atoms. The van der Waals surface area contributed by atoms with E-state index in [0.717, 1.165) is 54.2 Å². The van der Waals surface area contributed by atoms with Gasteiger partial charge in [0.15, 0.2) is 0 Å². The summed E-state index contributed by atoms with van der Waals surface area (Å²) in [4.78, 5) is 15.4. The van der Waals surface area contributed by atoms with Gasteiger partial charge in [0.05, 0.1) is 25.8 Å². The molecule has 1 amide bonds. The second-order valence-corrected chi connectivity index (χ2v) is 8.91. The Morgan fingerprint density at radius 1 is 1.21 bits per heavy atom. The molecule has 2 aromatic rings. The Balaban J connectivity index is 1.77. The third kappa shape index (κ3) is 5.88. The molecule has 1 aromatic carbocycles. The maximum atomic E-state index is 13.0. The fourth-order valence-corrected chi connectivity index (χ4v) is 4.87. The number of amides is 1. The second-order valence-electron chi connectivity index (χ2n) is 8.91. The van der Waals surface area contributed by atoms with Gasteiger partial charge in [-0.2, -0.15) is 5.26 Å². The maximum absolute atomic E-state index is 13.0. The molecule has 2 atom stereocenters. The Morgan fingerprint density at radius 3 is 2.47 bits per heavy atom. The van der Waals surface area contributed by atoms with Gasteiger partial charge in [0.1, 0.15) is 17.4 Å². The third-order valence-electron chi connectivity index (χ3n) is 6.58. The van der Waals surface area contributed by atoms with Crippen LogP contribution in [0.25, 0.3) is 6.08 Å². The van der Waals surface area contributed by atoms with Crippen molar-refractivity contribution in [3.05, 3.63) is 58.4 Å². The smallest absolute Gasteiger partial charge is 0.262 e. The molecule has 1 aliphatic heterocycles.